The van der Waals surface area contributed by atoms with E-state index in [0.717, 1.165) is 16.8 Å². The molecule has 0 aliphatic rings. The minimum Gasteiger partial charge on any atom is -0.443 e. The average Bonchev–Trinajstić information content (AvgIpc) is 2.76. The van der Waals surface area contributed by atoms with Crippen molar-refractivity contribution < 1.29 is 9.53 Å². The summed E-state index contributed by atoms with van der Waals surface area (Å²) in [5.41, 5.74) is 2.53. The van der Waals surface area contributed by atoms with Crippen LogP contribution in [0, 0.1) is 6.92 Å². The lowest BCUT2D eigenvalue weighted by Gasteiger charge is -2.20. The molecule has 0 atom stereocenters. The molecular weight excluding hydrogens is 238 g/mol. The molecule has 100 valence electrons. The number of hydrogen-bond donors (Lipinski definition) is 0. The molecule has 0 amide bonds. The van der Waals surface area contributed by atoms with E-state index in [1.54, 1.807) is 10.8 Å². The summed E-state index contributed by atoms with van der Waals surface area (Å²) >= 11 is 0. The van der Waals surface area contributed by atoms with E-state index in [9.17, 15) is 4.79 Å². The summed E-state index contributed by atoms with van der Waals surface area (Å²) in [6.45, 7) is 7.62. The molecule has 2 rings (SSSR count). The minimum absolute atomic E-state index is 0.351. The van der Waals surface area contributed by atoms with Crippen molar-refractivity contribution in [2.45, 2.75) is 33.3 Å². The van der Waals surface area contributed by atoms with Gasteiger partial charge >= 0.3 is 6.09 Å². The van der Waals surface area contributed by atoms with E-state index in [2.05, 4.69) is 0 Å². The van der Waals surface area contributed by atoms with E-state index in [1.807, 2.05) is 64.1 Å². The van der Waals surface area contributed by atoms with Crippen LogP contribution in [0.25, 0.3) is 11.3 Å². The lowest BCUT2D eigenvalue weighted by molar-refractivity contribution is 0.0540. The van der Waals surface area contributed by atoms with Crippen LogP contribution in [0.1, 0.15) is 26.3 Å². The van der Waals surface area contributed by atoms with Gasteiger partial charge in [0.2, 0.25) is 0 Å². The fourth-order valence-electron chi connectivity index (χ4n) is 1.93. The first-order chi connectivity index (χ1) is 8.88. The Labute approximate surface area is 113 Å². The molecule has 0 spiro atoms. The second-order valence-corrected chi connectivity index (χ2v) is 5.56. The van der Waals surface area contributed by atoms with Gasteiger partial charge in [0.15, 0.2) is 0 Å². The first kappa shape index (κ1) is 13.4. The number of nitrogens with zero attached hydrogens (tertiary/aromatic N) is 1. The topological polar surface area (TPSA) is 31.2 Å². The minimum atomic E-state index is -0.496. The Hall–Kier alpha value is -2.03. The van der Waals surface area contributed by atoms with Crippen molar-refractivity contribution in [3.63, 3.8) is 0 Å². The fraction of sp³-hybridized carbons (Fsp3) is 0.312. The normalized spacial score (nSPS) is 11.4. The van der Waals surface area contributed by atoms with Gasteiger partial charge in [-0.15, -0.1) is 0 Å². The van der Waals surface area contributed by atoms with E-state index in [-0.39, 0.29) is 6.09 Å². The summed E-state index contributed by atoms with van der Waals surface area (Å²) in [7, 11) is 0. The molecule has 0 fully saturated rings. The molecule has 0 unspecified atom stereocenters. The molecule has 3 heteroatoms. The van der Waals surface area contributed by atoms with Crippen molar-refractivity contribution in [3.05, 3.63) is 48.2 Å². The van der Waals surface area contributed by atoms with Crippen molar-refractivity contribution in [1.29, 1.82) is 0 Å². The number of carbonyl (C=O) groups is 1. The number of benzene rings is 1. The fourth-order valence-corrected chi connectivity index (χ4v) is 1.93. The number of ether oxygens (including phenoxy) is 1. The summed E-state index contributed by atoms with van der Waals surface area (Å²) in [5, 5.41) is 0. The summed E-state index contributed by atoms with van der Waals surface area (Å²) < 4.78 is 6.96. The number of rotatable bonds is 1. The Balaban J connectivity index is 2.39. The van der Waals surface area contributed by atoms with Crippen LogP contribution >= 0.6 is 0 Å². The summed E-state index contributed by atoms with van der Waals surface area (Å²) in [4.78, 5) is 12.2. The predicted molar refractivity (Wildman–Crippen MR) is 76.2 cm³/mol. The quantitative estimate of drug-likeness (QED) is 0.764. The highest BCUT2D eigenvalue weighted by Gasteiger charge is 2.20. The van der Waals surface area contributed by atoms with Gasteiger partial charge in [-0.3, -0.25) is 4.57 Å². The molecule has 19 heavy (non-hydrogen) atoms. The van der Waals surface area contributed by atoms with Gasteiger partial charge in [0, 0.05) is 11.8 Å². The monoisotopic (exact) mass is 257 g/mol. The average molecular weight is 257 g/mol. The molecule has 0 saturated heterocycles. The largest absolute Gasteiger partial charge is 0.443 e. The van der Waals surface area contributed by atoms with E-state index in [4.69, 9.17) is 4.74 Å². The highest BCUT2D eigenvalue weighted by molar-refractivity contribution is 5.79. The van der Waals surface area contributed by atoms with Crippen molar-refractivity contribution in [1.82, 2.24) is 4.57 Å². The maximum atomic E-state index is 12.2. The molecular formula is C16H19NO2. The van der Waals surface area contributed by atoms with Crippen molar-refractivity contribution >= 4 is 6.09 Å². The van der Waals surface area contributed by atoms with Gasteiger partial charge in [0.25, 0.3) is 0 Å². The number of carbonyl (C=O) groups excluding carboxylic acids is 1. The molecule has 0 aliphatic carbocycles. The maximum absolute atomic E-state index is 12.2. The molecule has 0 aliphatic heterocycles. The number of aromatic nitrogens is 1. The third kappa shape index (κ3) is 3.05. The molecule has 0 bridgehead atoms. The SMILES string of the molecule is Cc1ccccc1-c1cccn1C(=O)OC(C)(C)C. The Morgan fingerprint density at radius 2 is 1.79 bits per heavy atom. The standard InChI is InChI=1S/C16H19NO2/c1-12-8-5-6-9-13(12)14-10-7-11-17(14)15(18)19-16(2,3)4/h5-11H,1-4H3. The van der Waals surface area contributed by atoms with Gasteiger partial charge in [-0.05, 0) is 45.4 Å². The second kappa shape index (κ2) is 4.92. The lowest BCUT2D eigenvalue weighted by Crippen LogP contribution is -2.27. The van der Waals surface area contributed by atoms with Gasteiger partial charge < -0.3 is 4.74 Å². The van der Waals surface area contributed by atoms with Crippen LogP contribution in [0.3, 0.4) is 0 Å². The molecule has 1 heterocycles. The van der Waals surface area contributed by atoms with E-state index in [0.29, 0.717) is 0 Å². The van der Waals surface area contributed by atoms with Crippen molar-refractivity contribution in [2.24, 2.45) is 0 Å². The summed E-state index contributed by atoms with van der Waals surface area (Å²) in [6, 6.07) is 11.8. The summed E-state index contributed by atoms with van der Waals surface area (Å²) in [5.74, 6) is 0. The lowest BCUT2D eigenvalue weighted by atomic mass is 10.1. The number of aryl methyl sites for hydroxylation is 1. The zero-order valence-corrected chi connectivity index (χ0v) is 11.8. The van der Waals surface area contributed by atoms with Crippen LogP contribution in [-0.4, -0.2) is 16.3 Å². The summed E-state index contributed by atoms with van der Waals surface area (Å²) in [6.07, 6.45) is 1.38. The second-order valence-electron chi connectivity index (χ2n) is 5.56. The van der Waals surface area contributed by atoms with Gasteiger partial charge in [-0.2, -0.15) is 0 Å². The maximum Gasteiger partial charge on any atom is 0.418 e. The Kier molecular flexibility index (Phi) is 3.47. The van der Waals surface area contributed by atoms with E-state index in [1.165, 1.54) is 0 Å². The van der Waals surface area contributed by atoms with Crippen LogP contribution in [0.15, 0.2) is 42.6 Å². The van der Waals surface area contributed by atoms with Gasteiger partial charge in [0.05, 0.1) is 5.69 Å². The smallest absolute Gasteiger partial charge is 0.418 e. The van der Waals surface area contributed by atoms with Crippen LogP contribution in [0.4, 0.5) is 4.79 Å². The first-order valence-electron chi connectivity index (χ1n) is 6.35. The predicted octanol–water partition coefficient (Wildman–Crippen LogP) is 4.25. The van der Waals surface area contributed by atoms with Gasteiger partial charge in [-0.25, -0.2) is 4.79 Å². The number of hydrogen-bond acceptors (Lipinski definition) is 2. The molecule has 0 radical (unpaired) electrons. The molecule has 3 nitrogen and oxygen atoms in total. The van der Waals surface area contributed by atoms with Crippen LogP contribution in [-0.2, 0) is 4.74 Å². The molecule has 0 N–H and O–H groups in total. The molecule has 0 saturated carbocycles. The Morgan fingerprint density at radius 1 is 1.11 bits per heavy atom. The van der Waals surface area contributed by atoms with E-state index < -0.39 is 5.60 Å². The Morgan fingerprint density at radius 3 is 2.42 bits per heavy atom. The molecule has 1 aromatic heterocycles. The highest BCUT2D eigenvalue weighted by atomic mass is 16.6. The van der Waals surface area contributed by atoms with Gasteiger partial charge in [-0.1, -0.05) is 24.3 Å². The molecule has 2 aromatic rings. The van der Waals surface area contributed by atoms with Crippen LogP contribution < -0.4 is 0 Å². The van der Waals surface area contributed by atoms with Crippen LogP contribution in [0.2, 0.25) is 0 Å². The highest BCUT2D eigenvalue weighted by Crippen LogP contribution is 2.24. The van der Waals surface area contributed by atoms with Crippen LogP contribution in [0.5, 0.6) is 0 Å². The molecule has 1 aromatic carbocycles. The van der Waals surface area contributed by atoms with Gasteiger partial charge in [0.1, 0.15) is 5.60 Å². The Bertz CT molecular complexity index is 591. The first-order valence-corrected chi connectivity index (χ1v) is 6.35. The third-order valence-electron chi connectivity index (χ3n) is 2.76. The van der Waals surface area contributed by atoms with Crippen molar-refractivity contribution in [3.8, 4) is 11.3 Å². The van der Waals surface area contributed by atoms with Crippen molar-refractivity contribution in [2.75, 3.05) is 0 Å². The third-order valence-corrected chi connectivity index (χ3v) is 2.76. The zero-order chi connectivity index (χ0) is 14.0. The zero-order valence-electron chi connectivity index (χ0n) is 11.8. The van der Waals surface area contributed by atoms with E-state index >= 15 is 0 Å².